The maximum atomic E-state index is 6.48. The highest BCUT2D eigenvalue weighted by Crippen LogP contribution is 2.17. The lowest BCUT2D eigenvalue weighted by Gasteiger charge is -2.43. The predicted octanol–water partition coefficient (Wildman–Crippen LogP) is 1.57. The van der Waals surface area contributed by atoms with Crippen molar-refractivity contribution in [1.29, 1.82) is 0 Å². The first-order valence-corrected chi connectivity index (χ1v) is 6.34. The number of halogens is 1. The Kier molecular flexibility index (Phi) is 5.60. The van der Waals surface area contributed by atoms with E-state index in [0.717, 1.165) is 32.6 Å². The smallest absolute Gasteiger partial charge is 0.0700 e. The molecule has 18 heavy (non-hydrogen) atoms. The predicted molar refractivity (Wildman–Crippen MR) is 79.1 cm³/mol. The Bertz CT molecular complexity index is 345. The number of rotatable bonds is 3. The van der Waals surface area contributed by atoms with Gasteiger partial charge in [-0.1, -0.05) is 30.3 Å². The highest BCUT2D eigenvalue weighted by Gasteiger charge is 2.29. The Balaban J connectivity index is 0.00000162. The van der Waals surface area contributed by atoms with Crippen molar-refractivity contribution in [3.63, 3.8) is 0 Å². The van der Waals surface area contributed by atoms with Crippen molar-refractivity contribution in [3.05, 3.63) is 35.9 Å². The molecule has 1 heterocycles. The Labute approximate surface area is 116 Å². The largest absolute Gasteiger partial charge is 0.313 e. The van der Waals surface area contributed by atoms with Crippen molar-refractivity contribution >= 4 is 12.4 Å². The van der Waals surface area contributed by atoms with Gasteiger partial charge < -0.3 is 10.6 Å². The summed E-state index contributed by atoms with van der Waals surface area (Å²) in [5.74, 6) is 0. The van der Waals surface area contributed by atoms with Gasteiger partial charge in [-0.3, -0.25) is 4.90 Å². The Hall–Kier alpha value is -0.610. The van der Waals surface area contributed by atoms with Crippen LogP contribution in [0.2, 0.25) is 0 Å². The minimum Gasteiger partial charge on any atom is -0.313 e. The van der Waals surface area contributed by atoms with Gasteiger partial charge in [0.05, 0.1) is 5.66 Å². The van der Waals surface area contributed by atoms with E-state index in [1.165, 1.54) is 5.56 Å². The molecule has 0 bridgehead atoms. The van der Waals surface area contributed by atoms with Crippen LogP contribution in [0.15, 0.2) is 30.3 Å². The molecule has 1 aromatic rings. The number of piperazine rings is 1. The third kappa shape index (κ3) is 3.95. The average molecular weight is 270 g/mol. The first-order chi connectivity index (χ1) is 8.08. The fourth-order valence-corrected chi connectivity index (χ4v) is 2.44. The lowest BCUT2D eigenvalue weighted by atomic mass is 9.99. The van der Waals surface area contributed by atoms with Crippen molar-refractivity contribution in [2.45, 2.75) is 19.0 Å². The van der Waals surface area contributed by atoms with Gasteiger partial charge in [-0.15, -0.1) is 12.4 Å². The van der Waals surface area contributed by atoms with Gasteiger partial charge in [0.25, 0.3) is 0 Å². The third-order valence-corrected chi connectivity index (χ3v) is 3.63. The summed E-state index contributed by atoms with van der Waals surface area (Å²) in [4.78, 5) is 4.76. The van der Waals surface area contributed by atoms with Gasteiger partial charge in [0, 0.05) is 32.6 Å². The molecule has 1 saturated heterocycles. The number of nitrogens with two attached hydrogens (primary N) is 1. The molecule has 0 saturated carbocycles. The summed E-state index contributed by atoms with van der Waals surface area (Å²) >= 11 is 0. The van der Waals surface area contributed by atoms with Crippen molar-refractivity contribution in [2.24, 2.45) is 5.73 Å². The van der Waals surface area contributed by atoms with Crippen LogP contribution in [0.1, 0.15) is 12.5 Å². The summed E-state index contributed by atoms with van der Waals surface area (Å²) < 4.78 is 0. The van der Waals surface area contributed by atoms with Crippen molar-refractivity contribution in [3.8, 4) is 0 Å². The van der Waals surface area contributed by atoms with E-state index in [1.54, 1.807) is 0 Å². The Morgan fingerprint density at radius 1 is 1.11 bits per heavy atom. The molecule has 102 valence electrons. The molecule has 0 unspecified atom stereocenters. The zero-order valence-electron chi connectivity index (χ0n) is 11.3. The van der Waals surface area contributed by atoms with Crippen molar-refractivity contribution in [1.82, 2.24) is 9.80 Å². The molecule has 0 aromatic heterocycles. The lowest BCUT2D eigenvalue weighted by molar-refractivity contribution is 0.0546. The SMILES string of the molecule is CN1CCN([C@](C)(N)Cc2ccccc2)CC1.Cl. The molecule has 0 spiro atoms. The van der Waals surface area contributed by atoms with E-state index in [0.29, 0.717) is 0 Å². The topological polar surface area (TPSA) is 32.5 Å². The summed E-state index contributed by atoms with van der Waals surface area (Å²) in [6, 6.07) is 10.5. The number of hydrogen-bond donors (Lipinski definition) is 1. The molecule has 2 rings (SSSR count). The minimum absolute atomic E-state index is 0. The summed E-state index contributed by atoms with van der Waals surface area (Å²) in [6.07, 6.45) is 0.914. The molecule has 0 radical (unpaired) electrons. The highest BCUT2D eigenvalue weighted by atomic mass is 35.5. The quantitative estimate of drug-likeness (QED) is 0.904. The van der Waals surface area contributed by atoms with E-state index in [4.69, 9.17) is 5.73 Å². The molecular formula is C14H24ClN3. The summed E-state index contributed by atoms with van der Waals surface area (Å²) in [5.41, 5.74) is 7.56. The van der Waals surface area contributed by atoms with Crippen molar-refractivity contribution < 1.29 is 0 Å². The number of likely N-dealkylation sites (N-methyl/N-ethyl adjacent to an activating group) is 1. The van der Waals surface area contributed by atoms with Crippen LogP contribution in [0.5, 0.6) is 0 Å². The number of hydrogen-bond acceptors (Lipinski definition) is 3. The second-order valence-corrected chi connectivity index (χ2v) is 5.31. The van der Waals surface area contributed by atoms with E-state index in [9.17, 15) is 0 Å². The summed E-state index contributed by atoms with van der Waals surface area (Å²) in [6.45, 7) is 6.50. The maximum Gasteiger partial charge on any atom is 0.0700 e. The first-order valence-electron chi connectivity index (χ1n) is 6.34. The molecule has 1 atom stereocenters. The van der Waals surface area contributed by atoms with Crippen LogP contribution in [0.4, 0.5) is 0 Å². The fourth-order valence-electron chi connectivity index (χ4n) is 2.44. The van der Waals surface area contributed by atoms with Crippen LogP contribution >= 0.6 is 12.4 Å². The molecule has 1 aliphatic heterocycles. The van der Waals surface area contributed by atoms with Crippen molar-refractivity contribution in [2.75, 3.05) is 33.2 Å². The van der Waals surface area contributed by atoms with Gasteiger partial charge in [-0.25, -0.2) is 0 Å². The Morgan fingerprint density at radius 2 is 1.67 bits per heavy atom. The standard InChI is InChI=1S/C14H23N3.ClH/c1-14(15,12-13-6-4-3-5-7-13)17-10-8-16(2)9-11-17;/h3-7H,8-12,15H2,1-2H3;1H/t14-;/m0./s1. The zero-order chi connectivity index (χ0) is 12.3. The van der Waals surface area contributed by atoms with Gasteiger partial charge >= 0.3 is 0 Å². The molecule has 0 amide bonds. The van der Waals surface area contributed by atoms with E-state index in [-0.39, 0.29) is 18.1 Å². The molecule has 1 aromatic carbocycles. The molecule has 1 fully saturated rings. The summed E-state index contributed by atoms with van der Waals surface area (Å²) in [7, 11) is 2.17. The second-order valence-electron chi connectivity index (χ2n) is 5.31. The van der Waals surface area contributed by atoms with Gasteiger partial charge in [-0.05, 0) is 19.5 Å². The van der Waals surface area contributed by atoms with Crippen LogP contribution in [0, 0.1) is 0 Å². The molecule has 4 heteroatoms. The van der Waals surface area contributed by atoms with E-state index >= 15 is 0 Å². The van der Waals surface area contributed by atoms with Gasteiger partial charge in [0.1, 0.15) is 0 Å². The maximum absolute atomic E-state index is 6.48. The average Bonchev–Trinajstić information content (AvgIpc) is 2.30. The Morgan fingerprint density at radius 3 is 2.22 bits per heavy atom. The normalized spacial score (nSPS) is 21.1. The molecular weight excluding hydrogens is 246 g/mol. The molecule has 0 aliphatic carbocycles. The summed E-state index contributed by atoms with van der Waals surface area (Å²) in [5, 5.41) is 0. The number of nitrogens with zero attached hydrogens (tertiary/aromatic N) is 2. The zero-order valence-corrected chi connectivity index (χ0v) is 12.1. The highest BCUT2D eigenvalue weighted by molar-refractivity contribution is 5.85. The first kappa shape index (κ1) is 15.4. The second kappa shape index (κ2) is 6.53. The third-order valence-electron chi connectivity index (χ3n) is 3.63. The van der Waals surface area contributed by atoms with Gasteiger partial charge in [0.2, 0.25) is 0 Å². The van der Waals surface area contributed by atoms with Crippen LogP contribution in [-0.4, -0.2) is 48.7 Å². The lowest BCUT2D eigenvalue weighted by Crippen LogP contribution is -2.60. The van der Waals surface area contributed by atoms with E-state index in [1.807, 2.05) is 6.07 Å². The monoisotopic (exact) mass is 269 g/mol. The molecule has 1 aliphatic rings. The van der Waals surface area contributed by atoms with E-state index in [2.05, 4.69) is 48.0 Å². The number of benzene rings is 1. The van der Waals surface area contributed by atoms with Gasteiger partial charge in [0.15, 0.2) is 0 Å². The van der Waals surface area contributed by atoms with Crippen LogP contribution in [0.3, 0.4) is 0 Å². The molecule has 3 nitrogen and oxygen atoms in total. The van der Waals surface area contributed by atoms with Crippen LogP contribution in [-0.2, 0) is 6.42 Å². The van der Waals surface area contributed by atoms with E-state index < -0.39 is 0 Å². The minimum atomic E-state index is -0.234. The fraction of sp³-hybridized carbons (Fsp3) is 0.571. The van der Waals surface area contributed by atoms with Crippen LogP contribution in [0.25, 0.3) is 0 Å². The van der Waals surface area contributed by atoms with Gasteiger partial charge in [-0.2, -0.15) is 0 Å². The van der Waals surface area contributed by atoms with Crippen LogP contribution < -0.4 is 5.73 Å². The molecule has 2 N–H and O–H groups in total.